The standard InChI is InChI=1S/C8H17NO2Si/c1-12(2,3)8(7(10)11)5-4-6-9-8/h9H,4-6H2,1-3H3,(H,10,11)/t8-/m1/s1. The highest BCUT2D eigenvalue weighted by molar-refractivity contribution is 6.82. The summed E-state index contributed by atoms with van der Waals surface area (Å²) in [5.74, 6) is -0.654. The molecule has 12 heavy (non-hydrogen) atoms. The molecule has 0 radical (unpaired) electrons. The van der Waals surface area contributed by atoms with Crippen molar-refractivity contribution in [3.05, 3.63) is 0 Å². The van der Waals surface area contributed by atoms with Crippen LogP contribution in [0.5, 0.6) is 0 Å². The van der Waals surface area contributed by atoms with Gasteiger partial charge in [-0.15, -0.1) is 0 Å². The summed E-state index contributed by atoms with van der Waals surface area (Å²) in [7, 11) is -1.65. The number of hydrogen-bond acceptors (Lipinski definition) is 2. The van der Waals surface area contributed by atoms with Gasteiger partial charge in [0.25, 0.3) is 0 Å². The highest BCUT2D eigenvalue weighted by Crippen LogP contribution is 2.29. The molecule has 1 aliphatic rings. The van der Waals surface area contributed by atoms with Crippen molar-refractivity contribution in [2.24, 2.45) is 0 Å². The lowest BCUT2D eigenvalue weighted by Crippen LogP contribution is -2.64. The van der Waals surface area contributed by atoms with Gasteiger partial charge in [-0.3, -0.25) is 4.79 Å². The first kappa shape index (κ1) is 9.73. The van der Waals surface area contributed by atoms with E-state index in [0.717, 1.165) is 19.4 Å². The van der Waals surface area contributed by atoms with Gasteiger partial charge in [0, 0.05) is 0 Å². The molecule has 0 bridgehead atoms. The lowest BCUT2D eigenvalue weighted by atomic mass is 10.2. The predicted molar refractivity (Wildman–Crippen MR) is 50.9 cm³/mol. The molecule has 0 aromatic carbocycles. The summed E-state index contributed by atoms with van der Waals surface area (Å²) in [5, 5.41) is 11.8. The first-order valence-electron chi connectivity index (χ1n) is 4.38. The number of hydrogen-bond donors (Lipinski definition) is 2. The van der Waals surface area contributed by atoms with Gasteiger partial charge < -0.3 is 10.4 Å². The van der Waals surface area contributed by atoms with E-state index in [2.05, 4.69) is 25.0 Å². The van der Waals surface area contributed by atoms with Crippen LogP contribution in [-0.2, 0) is 4.79 Å². The summed E-state index contributed by atoms with van der Waals surface area (Å²) in [6.45, 7) is 7.19. The summed E-state index contributed by atoms with van der Waals surface area (Å²) < 4.78 is 0. The first-order chi connectivity index (χ1) is 5.40. The van der Waals surface area contributed by atoms with Crippen molar-refractivity contribution in [2.75, 3.05) is 6.54 Å². The molecule has 1 saturated heterocycles. The maximum atomic E-state index is 11.1. The topological polar surface area (TPSA) is 49.3 Å². The molecule has 1 aliphatic heterocycles. The van der Waals surface area contributed by atoms with Crippen molar-refractivity contribution in [3.8, 4) is 0 Å². The fraction of sp³-hybridized carbons (Fsp3) is 0.875. The number of rotatable bonds is 2. The van der Waals surface area contributed by atoms with Crippen molar-refractivity contribution in [2.45, 2.75) is 37.6 Å². The van der Waals surface area contributed by atoms with E-state index in [1.54, 1.807) is 0 Å². The Morgan fingerprint density at radius 2 is 2.08 bits per heavy atom. The molecule has 0 unspecified atom stereocenters. The van der Waals surface area contributed by atoms with E-state index in [0.29, 0.717) is 0 Å². The van der Waals surface area contributed by atoms with E-state index in [4.69, 9.17) is 0 Å². The largest absolute Gasteiger partial charge is 0.480 e. The predicted octanol–water partition coefficient (Wildman–Crippen LogP) is 1.07. The van der Waals surface area contributed by atoms with E-state index >= 15 is 0 Å². The maximum Gasteiger partial charge on any atom is 0.320 e. The van der Waals surface area contributed by atoms with Crippen LogP contribution in [0, 0.1) is 0 Å². The molecule has 0 aromatic heterocycles. The number of carboxylic acid groups (broad SMARTS) is 1. The second kappa shape index (κ2) is 2.85. The zero-order chi connectivity index (χ0) is 9.41. The fourth-order valence-electron chi connectivity index (χ4n) is 1.89. The third kappa shape index (κ3) is 1.29. The van der Waals surface area contributed by atoms with E-state index in [-0.39, 0.29) is 0 Å². The average Bonchev–Trinajstić information content (AvgIpc) is 2.31. The third-order valence-corrected chi connectivity index (χ3v) is 6.00. The van der Waals surface area contributed by atoms with Gasteiger partial charge in [0.2, 0.25) is 0 Å². The second-order valence-electron chi connectivity index (χ2n) is 4.49. The van der Waals surface area contributed by atoms with Gasteiger partial charge in [0.1, 0.15) is 5.16 Å². The molecular formula is C8H17NO2Si. The van der Waals surface area contributed by atoms with Gasteiger partial charge in [0.15, 0.2) is 0 Å². The quantitative estimate of drug-likeness (QED) is 0.636. The van der Waals surface area contributed by atoms with Crippen molar-refractivity contribution < 1.29 is 9.90 Å². The molecule has 70 valence electrons. The normalized spacial score (nSPS) is 30.6. The van der Waals surface area contributed by atoms with Crippen LogP contribution in [-0.4, -0.2) is 30.9 Å². The van der Waals surface area contributed by atoms with Crippen LogP contribution < -0.4 is 5.32 Å². The van der Waals surface area contributed by atoms with Crippen LogP contribution >= 0.6 is 0 Å². The number of carboxylic acids is 1. The van der Waals surface area contributed by atoms with Crippen LogP contribution in [0.3, 0.4) is 0 Å². The molecule has 0 amide bonds. The smallest absolute Gasteiger partial charge is 0.320 e. The highest BCUT2D eigenvalue weighted by atomic mass is 28.3. The van der Waals surface area contributed by atoms with Crippen LogP contribution in [0.2, 0.25) is 19.6 Å². The first-order valence-corrected chi connectivity index (χ1v) is 7.88. The van der Waals surface area contributed by atoms with Gasteiger partial charge in [-0.1, -0.05) is 19.6 Å². The monoisotopic (exact) mass is 187 g/mol. The number of aliphatic carboxylic acids is 1. The zero-order valence-electron chi connectivity index (χ0n) is 7.98. The zero-order valence-corrected chi connectivity index (χ0v) is 8.98. The summed E-state index contributed by atoms with van der Waals surface area (Å²) in [5.41, 5.74) is 0. The van der Waals surface area contributed by atoms with Gasteiger partial charge in [-0.25, -0.2) is 0 Å². The number of carbonyl (C=O) groups is 1. The minimum Gasteiger partial charge on any atom is -0.480 e. The van der Waals surface area contributed by atoms with Crippen LogP contribution in [0.15, 0.2) is 0 Å². The van der Waals surface area contributed by atoms with E-state index in [1.807, 2.05) is 0 Å². The minimum atomic E-state index is -1.65. The minimum absolute atomic E-state index is 0.562. The van der Waals surface area contributed by atoms with Crippen molar-refractivity contribution in [1.29, 1.82) is 0 Å². The molecule has 0 aliphatic carbocycles. The molecule has 1 atom stereocenters. The highest BCUT2D eigenvalue weighted by Gasteiger charge is 2.51. The maximum absolute atomic E-state index is 11.1. The van der Waals surface area contributed by atoms with Crippen molar-refractivity contribution in [1.82, 2.24) is 5.32 Å². The SMILES string of the molecule is C[Si](C)(C)[C@@]1(C(=O)O)CCCN1. The Balaban J connectivity index is 2.94. The molecule has 0 aromatic rings. The molecule has 1 rings (SSSR count). The molecule has 1 fully saturated rings. The second-order valence-corrected chi connectivity index (χ2v) is 9.84. The van der Waals surface area contributed by atoms with Crippen LogP contribution in [0.4, 0.5) is 0 Å². The van der Waals surface area contributed by atoms with E-state index in [1.165, 1.54) is 0 Å². The van der Waals surface area contributed by atoms with Crippen molar-refractivity contribution in [3.63, 3.8) is 0 Å². The van der Waals surface area contributed by atoms with Crippen LogP contribution in [0.1, 0.15) is 12.8 Å². The van der Waals surface area contributed by atoms with E-state index in [9.17, 15) is 9.90 Å². The lowest BCUT2D eigenvalue weighted by Gasteiger charge is -2.36. The molecule has 0 spiro atoms. The Morgan fingerprint density at radius 1 is 1.50 bits per heavy atom. The van der Waals surface area contributed by atoms with Gasteiger partial charge in [0.05, 0.1) is 8.07 Å². The Hall–Kier alpha value is -0.353. The summed E-state index contributed by atoms with van der Waals surface area (Å²) in [6.07, 6.45) is 1.80. The van der Waals surface area contributed by atoms with Gasteiger partial charge >= 0.3 is 5.97 Å². The Kier molecular flexibility index (Phi) is 2.31. The Labute approximate surface area is 74.2 Å². The third-order valence-electron chi connectivity index (χ3n) is 2.80. The summed E-state index contributed by atoms with van der Waals surface area (Å²) in [6, 6.07) is 0. The molecule has 2 N–H and O–H groups in total. The fourth-order valence-corrected chi connectivity index (χ4v) is 4.11. The molecule has 0 saturated carbocycles. The molecule has 1 heterocycles. The van der Waals surface area contributed by atoms with Gasteiger partial charge in [-0.2, -0.15) is 0 Å². The van der Waals surface area contributed by atoms with Crippen molar-refractivity contribution >= 4 is 14.0 Å². The molecular weight excluding hydrogens is 170 g/mol. The summed E-state index contributed by atoms with van der Waals surface area (Å²) in [4.78, 5) is 11.1. The van der Waals surface area contributed by atoms with Crippen LogP contribution in [0.25, 0.3) is 0 Å². The average molecular weight is 187 g/mol. The summed E-state index contributed by atoms with van der Waals surface area (Å²) >= 11 is 0. The number of nitrogens with one attached hydrogen (secondary N) is 1. The lowest BCUT2D eigenvalue weighted by molar-refractivity contribution is -0.141. The molecule has 4 heteroatoms. The molecule has 3 nitrogen and oxygen atoms in total. The van der Waals surface area contributed by atoms with Gasteiger partial charge in [-0.05, 0) is 19.4 Å². The Morgan fingerprint density at radius 3 is 2.25 bits per heavy atom. The van der Waals surface area contributed by atoms with E-state index < -0.39 is 19.2 Å². The Bertz CT molecular complexity index is 192.